The predicted molar refractivity (Wildman–Crippen MR) is 153 cm³/mol. The molecule has 0 aliphatic carbocycles. The number of benzene rings is 3. The number of ether oxygens (including phenoxy) is 3. The van der Waals surface area contributed by atoms with E-state index in [0.29, 0.717) is 33.9 Å². The normalized spacial score (nSPS) is 10.8. The zero-order valence-electron chi connectivity index (χ0n) is 22.6. The first kappa shape index (κ1) is 31.7. The van der Waals surface area contributed by atoms with Gasteiger partial charge < -0.3 is 34.6 Å². The molecule has 10 nitrogen and oxygen atoms in total. The van der Waals surface area contributed by atoms with E-state index in [-0.39, 0.29) is 35.2 Å². The summed E-state index contributed by atoms with van der Waals surface area (Å²) in [4.78, 5) is 34.1. The molecule has 0 amide bonds. The number of ketones is 2. The van der Waals surface area contributed by atoms with Crippen molar-refractivity contribution in [2.24, 2.45) is 0 Å². The Bertz CT molecular complexity index is 1390. The third-order valence-electron chi connectivity index (χ3n) is 5.30. The van der Waals surface area contributed by atoms with Crippen LogP contribution in [-0.2, 0) is 14.4 Å². The Morgan fingerprint density at radius 2 is 0.902 bits per heavy atom. The number of methoxy groups -OCH3 is 3. The summed E-state index contributed by atoms with van der Waals surface area (Å²) < 4.78 is 14.9. The van der Waals surface area contributed by atoms with Gasteiger partial charge in [0.2, 0.25) is 0 Å². The molecule has 41 heavy (non-hydrogen) atoms. The van der Waals surface area contributed by atoms with Gasteiger partial charge in [0.1, 0.15) is 0 Å². The number of phenolic OH excluding ortho intramolecular Hbond substituents is 3. The Kier molecular flexibility index (Phi) is 12.2. The Labute approximate surface area is 236 Å². The number of phenols is 3. The average molecular weight is 563 g/mol. The van der Waals surface area contributed by atoms with Gasteiger partial charge in [0.25, 0.3) is 0 Å². The highest BCUT2D eigenvalue weighted by atomic mass is 16.5. The number of aromatic hydroxyl groups is 3. The molecule has 0 saturated carbocycles. The van der Waals surface area contributed by atoms with E-state index in [4.69, 9.17) is 19.3 Å². The second-order valence-corrected chi connectivity index (χ2v) is 8.24. The molecule has 0 fully saturated rings. The molecular formula is C31H30O10. The van der Waals surface area contributed by atoms with Gasteiger partial charge >= 0.3 is 5.97 Å². The number of allylic oxidation sites excluding steroid dienone is 2. The molecular weight excluding hydrogens is 532 g/mol. The molecule has 0 aliphatic rings. The maximum Gasteiger partial charge on any atom is 0.328 e. The van der Waals surface area contributed by atoms with Crippen LogP contribution in [0.2, 0.25) is 0 Å². The molecule has 3 aromatic carbocycles. The molecule has 0 spiro atoms. The molecule has 0 aromatic heterocycles. The quantitative estimate of drug-likeness (QED) is 0.188. The monoisotopic (exact) mass is 562 g/mol. The molecule has 3 rings (SSSR count). The van der Waals surface area contributed by atoms with Crippen LogP contribution >= 0.6 is 0 Å². The molecule has 0 atom stereocenters. The summed E-state index contributed by atoms with van der Waals surface area (Å²) in [5.41, 5.74) is 1.98. The largest absolute Gasteiger partial charge is 0.504 e. The summed E-state index contributed by atoms with van der Waals surface area (Å²) in [5.74, 6) is -0.755. The molecule has 3 aromatic rings. The summed E-state index contributed by atoms with van der Waals surface area (Å²) in [5, 5.41) is 36.7. The first-order valence-corrected chi connectivity index (χ1v) is 12.0. The molecule has 0 bridgehead atoms. The second-order valence-electron chi connectivity index (χ2n) is 8.24. The number of hydrogen-bond acceptors (Lipinski definition) is 9. The van der Waals surface area contributed by atoms with Crippen molar-refractivity contribution < 1.29 is 49.0 Å². The van der Waals surface area contributed by atoms with Crippen LogP contribution in [0.5, 0.6) is 34.5 Å². The molecule has 214 valence electrons. The van der Waals surface area contributed by atoms with E-state index >= 15 is 0 Å². The second kappa shape index (κ2) is 15.8. The number of aliphatic carboxylic acids is 1. The molecule has 0 aliphatic heterocycles. The minimum Gasteiger partial charge on any atom is -0.504 e. The number of carboxylic acid groups (broad SMARTS) is 1. The van der Waals surface area contributed by atoms with Crippen LogP contribution in [0.15, 0.2) is 72.8 Å². The van der Waals surface area contributed by atoms with Crippen molar-refractivity contribution in [3.63, 3.8) is 0 Å². The highest BCUT2D eigenvalue weighted by Crippen LogP contribution is 2.28. The van der Waals surface area contributed by atoms with Crippen LogP contribution in [0.1, 0.15) is 23.1 Å². The van der Waals surface area contributed by atoms with E-state index in [0.717, 1.165) is 6.08 Å². The van der Waals surface area contributed by atoms with Gasteiger partial charge in [-0.3, -0.25) is 9.59 Å². The molecule has 4 N–H and O–H groups in total. The topological polar surface area (TPSA) is 160 Å². The lowest BCUT2D eigenvalue weighted by molar-refractivity contribution is -0.131. The standard InChI is InChI=1S/C21H20O6.C10H10O4/c1-26-20-11-14(5-9-18(20)24)3-7-16(22)13-17(23)8-4-15-6-10-19(25)21(12-15)27-2;1-14-9-6-7(2-4-8(9)11)3-5-10(12)13/h3-12,24-25H,13H2,1-2H3;2-6,11H,1H3,(H,12,13)/b7-3+,8-4+;5-3+. The summed E-state index contributed by atoms with van der Waals surface area (Å²) in [6, 6.07) is 13.9. The van der Waals surface area contributed by atoms with Crippen molar-refractivity contribution in [2.45, 2.75) is 6.42 Å². The van der Waals surface area contributed by atoms with Crippen LogP contribution in [0.25, 0.3) is 18.2 Å². The third-order valence-corrected chi connectivity index (χ3v) is 5.30. The molecule has 0 saturated heterocycles. The fraction of sp³-hybridized carbons (Fsp3) is 0.129. The van der Waals surface area contributed by atoms with Crippen molar-refractivity contribution >= 4 is 35.8 Å². The molecule has 10 heteroatoms. The Morgan fingerprint density at radius 3 is 1.20 bits per heavy atom. The van der Waals surface area contributed by atoms with E-state index in [9.17, 15) is 29.7 Å². The maximum absolute atomic E-state index is 11.9. The fourth-order valence-corrected chi connectivity index (χ4v) is 3.23. The summed E-state index contributed by atoms with van der Waals surface area (Å²) in [6.07, 6.45) is 7.88. The first-order valence-electron chi connectivity index (χ1n) is 12.0. The van der Waals surface area contributed by atoms with Gasteiger partial charge in [0, 0.05) is 6.08 Å². The highest BCUT2D eigenvalue weighted by Gasteiger charge is 2.06. The van der Waals surface area contributed by atoms with Crippen LogP contribution in [0.3, 0.4) is 0 Å². The van der Waals surface area contributed by atoms with Gasteiger partial charge in [-0.05, 0) is 71.3 Å². The highest BCUT2D eigenvalue weighted by molar-refractivity contribution is 6.10. The molecule has 0 radical (unpaired) electrons. The number of hydrogen-bond donors (Lipinski definition) is 4. The average Bonchev–Trinajstić information content (AvgIpc) is 2.96. The van der Waals surface area contributed by atoms with Gasteiger partial charge in [-0.1, -0.05) is 30.4 Å². The summed E-state index contributed by atoms with van der Waals surface area (Å²) >= 11 is 0. The Hall–Kier alpha value is -5.51. The van der Waals surface area contributed by atoms with Crippen molar-refractivity contribution in [3.05, 3.63) is 89.5 Å². The number of carbonyl (C=O) groups excluding carboxylic acids is 2. The van der Waals surface area contributed by atoms with Gasteiger partial charge in [0.15, 0.2) is 46.1 Å². The lowest BCUT2D eigenvalue weighted by Gasteiger charge is -2.03. The van der Waals surface area contributed by atoms with E-state index in [1.54, 1.807) is 48.6 Å². The van der Waals surface area contributed by atoms with Gasteiger partial charge in [0.05, 0.1) is 27.8 Å². The number of carbonyl (C=O) groups is 3. The van der Waals surface area contributed by atoms with Crippen LogP contribution < -0.4 is 14.2 Å². The lowest BCUT2D eigenvalue weighted by Crippen LogP contribution is -2.01. The van der Waals surface area contributed by atoms with E-state index < -0.39 is 5.97 Å². The fourth-order valence-electron chi connectivity index (χ4n) is 3.23. The minimum absolute atomic E-state index is 0.00662. The van der Waals surface area contributed by atoms with Crippen LogP contribution in [0, 0.1) is 0 Å². The number of carboxylic acids is 1. The molecule has 0 heterocycles. The van der Waals surface area contributed by atoms with Gasteiger partial charge in [-0.15, -0.1) is 0 Å². The van der Waals surface area contributed by atoms with E-state index in [2.05, 4.69) is 0 Å². The zero-order valence-corrected chi connectivity index (χ0v) is 22.6. The Balaban J connectivity index is 0.000000353. The zero-order chi connectivity index (χ0) is 30.4. The Morgan fingerprint density at radius 1 is 0.585 bits per heavy atom. The van der Waals surface area contributed by atoms with Crippen molar-refractivity contribution in [3.8, 4) is 34.5 Å². The SMILES string of the molecule is COc1cc(/C=C/C(=O)CC(=O)/C=C/c2ccc(O)c(OC)c2)ccc1O.COc1cc(/C=C/C(=O)O)ccc1O. The van der Waals surface area contributed by atoms with Crippen LogP contribution in [-0.4, -0.2) is 59.3 Å². The summed E-state index contributed by atoms with van der Waals surface area (Å²) in [6.45, 7) is 0. The van der Waals surface area contributed by atoms with Gasteiger partial charge in [-0.2, -0.15) is 0 Å². The van der Waals surface area contributed by atoms with Crippen LogP contribution in [0.4, 0.5) is 0 Å². The van der Waals surface area contributed by atoms with Gasteiger partial charge in [-0.25, -0.2) is 4.79 Å². The van der Waals surface area contributed by atoms with Crippen molar-refractivity contribution in [1.82, 2.24) is 0 Å². The predicted octanol–water partition coefficient (Wildman–Crippen LogP) is 4.87. The smallest absolute Gasteiger partial charge is 0.328 e. The van der Waals surface area contributed by atoms with Crippen molar-refractivity contribution in [2.75, 3.05) is 21.3 Å². The van der Waals surface area contributed by atoms with E-state index in [1.165, 1.54) is 57.8 Å². The van der Waals surface area contributed by atoms with E-state index in [1.807, 2.05) is 0 Å². The molecule has 0 unspecified atom stereocenters. The number of rotatable bonds is 11. The van der Waals surface area contributed by atoms with Crippen molar-refractivity contribution in [1.29, 1.82) is 0 Å². The summed E-state index contributed by atoms with van der Waals surface area (Å²) in [7, 11) is 4.30. The third kappa shape index (κ3) is 10.6. The minimum atomic E-state index is -1.02. The lowest BCUT2D eigenvalue weighted by atomic mass is 10.1. The maximum atomic E-state index is 11.9. The first-order chi connectivity index (χ1) is 19.6.